The molecule has 0 atom stereocenters. The highest BCUT2D eigenvalue weighted by Crippen LogP contribution is 2.45. The largest absolute Gasteiger partial charge is 0.192 e. The lowest BCUT2D eigenvalue weighted by molar-refractivity contribution is 0.155. The Morgan fingerprint density at radius 3 is 1.96 bits per heavy atom. The van der Waals surface area contributed by atoms with Crippen molar-refractivity contribution in [2.24, 2.45) is 17.8 Å². The molecule has 0 aliphatic heterocycles. The third-order valence-corrected chi connectivity index (χ3v) is 8.04. The molecule has 0 spiro atoms. The second-order valence-electron chi connectivity index (χ2n) is 9.21. The van der Waals surface area contributed by atoms with Crippen molar-refractivity contribution < 1.29 is 0 Å². The summed E-state index contributed by atoms with van der Waals surface area (Å²) in [7, 11) is 0. The van der Waals surface area contributed by atoms with E-state index in [9.17, 15) is 0 Å². The van der Waals surface area contributed by atoms with E-state index in [4.69, 9.17) is 28.5 Å². The number of rotatable bonds is 7. The number of hydrogen-bond donors (Lipinski definition) is 0. The van der Waals surface area contributed by atoms with Crippen LogP contribution in [0, 0.1) is 29.1 Å². The van der Waals surface area contributed by atoms with E-state index in [2.05, 4.69) is 13.0 Å². The van der Waals surface area contributed by atoms with E-state index in [-0.39, 0.29) is 0 Å². The van der Waals surface area contributed by atoms with E-state index in [0.717, 1.165) is 17.8 Å². The molecule has 0 unspecified atom stereocenters. The van der Waals surface area contributed by atoms with Gasteiger partial charge in [0.1, 0.15) is 6.07 Å². The van der Waals surface area contributed by atoms with Gasteiger partial charge >= 0.3 is 0 Å². The van der Waals surface area contributed by atoms with Gasteiger partial charge in [-0.2, -0.15) is 5.26 Å². The van der Waals surface area contributed by atoms with Crippen LogP contribution in [-0.4, -0.2) is 0 Å². The standard InChI is InChI=1S/C25H35Cl2N/c1-2-3-4-5-6-18-7-9-19(10-8-18)20-11-13-21(14-12-20)22-15-24(26)23(17-28)25(27)16-22/h15-16,18-21H,2-14H2,1H3. The lowest BCUT2D eigenvalue weighted by Gasteiger charge is -2.38. The molecule has 1 nitrogen and oxygen atoms in total. The van der Waals surface area contributed by atoms with Crippen LogP contribution in [0.5, 0.6) is 0 Å². The topological polar surface area (TPSA) is 23.8 Å². The highest BCUT2D eigenvalue weighted by molar-refractivity contribution is 6.36. The van der Waals surface area contributed by atoms with Gasteiger partial charge in [0, 0.05) is 0 Å². The summed E-state index contributed by atoms with van der Waals surface area (Å²) >= 11 is 12.5. The Kier molecular flexibility index (Phi) is 8.55. The molecule has 0 radical (unpaired) electrons. The van der Waals surface area contributed by atoms with Crippen LogP contribution < -0.4 is 0 Å². The quantitative estimate of drug-likeness (QED) is 0.404. The van der Waals surface area contributed by atoms with Crippen LogP contribution in [0.1, 0.15) is 107 Å². The number of benzene rings is 1. The van der Waals surface area contributed by atoms with Crippen LogP contribution in [0.3, 0.4) is 0 Å². The summed E-state index contributed by atoms with van der Waals surface area (Å²) in [5.74, 6) is 3.43. The summed E-state index contributed by atoms with van der Waals surface area (Å²) < 4.78 is 0. The van der Waals surface area contributed by atoms with Crippen LogP contribution in [0.25, 0.3) is 0 Å². The molecule has 3 rings (SSSR count). The maximum absolute atomic E-state index is 9.15. The summed E-state index contributed by atoms with van der Waals surface area (Å²) in [5, 5.41) is 10.2. The maximum atomic E-state index is 9.15. The zero-order valence-electron chi connectivity index (χ0n) is 17.4. The van der Waals surface area contributed by atoms with Gasteiger partial charge in [-0.25, -0.2) is 0 Å². The van der Waals surface area contributed by atoms with E-state index in [0.29, 0.717) is 21.5 Å². The number of unbranched alkanes of at least 4 members (excludes halogenated alkanes) is 3. The number of hydrogen-bond acceptors (Lipinski definition) is 1. The highest BCUT2D eigenvalue weighted by atomic mass is 35.5. The summed E-state index contributed by atoms with van der Waals surface area (Å²) in [6.45, 7) is 2.30. The molecule has 0 saturated heterocycles. The predicted molar refractivity (Wildman–Crippen MR) is 120 cm³/mol. The van der Waals surface area contributed by atoms with Crippen LogP contribution in [0.15, 0.2) is 12.1 Å². The van der Waals surface area contributed by atoms with Gasteiger partial charge < -0.3 is 0 Å². The van der Waals surface area contributed by atoms with Crippen molar-refractivity contribution in [1.29, 1.82) is 5.26 Å². The van der Waals surface area contributed by atoms with Gasteiger partial charge in [-0.05, 0) is 79.9 Å². The molecule has 154 valence electrons. The smallest absolute Gasteiger partial charge is 0.102 e. The Hall–Kier alpha value is -0.710. The van der Waals surface area contributed by atoms with E-state index in [1.165, 1.54) is 89.0 Å². The van der Waals surface area contributed by atoms with Crippen LogP contribution in [0.2, 0.25) is 10.0 Å². The third kappa shape index (κ3) is 5.67. The monoisotopic (exact) mass is 419 g/mol. The van der Waals surface area contributed by atoms with Crippen molar-refractivity contribution in [3.05, 3.63) is 33.3 Å². The van der Waals surface area contributed by atoms with E-state index < -0.39 is 0 Å². The third-order valence-electron chi connectivity index (χ3n) is 7.44. The van der Waals surface area contributed by atoms with Crippen molar-refractivity contribution in [2.75, 3.05) is 0 Å². The molecule has 28 heavy (non-hydrogen) atoms. The van der Waals surface area contributed by atoms with Crippen molar-refractivity contribution in [3.8, 4) is 6.07 Å². The number of nitriles is 1. The van der Waals surface area contributed by atoms with Crippen LogP contribution >= 0.6 is 23.2 Å². The molecule has 0 N–H and O–H groups in total. The summed E-state index contributed by atoms with van der Waals surface area (Å²) in [6, 6.07) is 6.05. The molecule has 2 fully saturated rings. The summed E-state index contributed by atoms with van der Waals surface area (Å²) in [5.41, 5.74) is 1.63. The van der Waals surface area contributed by atoms with E-state index in [1.807, 2.05) is 12.1 Å². The molecule has 2 aliphatic rings. The van der Waals surface area contributed by atoms with Gasteiger partial charge in [0.2, 0.25) is 0 Å². The molecule has 0 aromatic heterocycles. The molecule has 1 aromatic rings. The van der Waals surface area contributed by atoms with Crippen molar-refractivity contribution >= 4 is 23.2 Å². The lowest BCUT2D eigenvalue weighted by atomic mass is 9.68. The van der Waals surface area contributed by atoms with E-state index >= 15 is 0 Å². The van der Waals surface area contributed by atoms with Crippen molar-refractivity contribution in [2.45, 2.75) is 96.3 Å². The Bertz CT molecular complexity index is 639. The zero-order chi connectivity index (χ0) is 19.9. The molecule has 2 aliphatic carbocycles. The van der Waals surface area contributed by atoms with Gasteiger partial charge in [-0.3, -0.25) is 0 Å². The second kappa shape index (κ2) is 10.9. The zero-order valence-corrected chi connectivity index (χ0v) is 18.9. The fraction of sp³-hybridized carbons (Fsp3) is 0.720. The van der Waals surface area contributed by atoms with Crippen LogP contribution in [-0.2, 0) is 0 Å². The summed E-state index contributed by atoms with van der Waals surface area (Å²) in [4.78, 5) is 0. The molecular formula is C25H35Cl2N. The average Bonchev–Trinajstić information content (AvgIpc) is 2.72. The van der Waals surface area contributed by atoms with Gasteiger partial charge in [0.05, 0.1) is 15.6 Å². The van der Waals surface area contributed by atoms with Gasteiger partial charge in [0.25, 0.3) is 0 Å². The van der Waals surface area contributed by atoms with Gasteiger partial charge in [0.15, 0.2) is 0 Å². The van der Waals surface area contributed by atoms with Gasteiger partial charge in [-0.15, -0.1) is 0 Å². The number of halogens is 2. The molecular weight excluding hydrogens is 385 g/mol. The average molecular weight is 420 g/mol. The Morgan fingerprint density at radius 1 is 0.857 bits per heavy atom. The minimum atomic E-state index is 0.409. The SMILES string of the molecule is CCCCCCC1CCC(C2CCC(c3cc(Cl)c(C#N)c(Cl)c3)CC2)CC1. The van der Waals surface area contributed by atoms with Crippen molar-refractivity contribution in [1.82, 2.24) is 0 Å². The Labute approximate surface area is 181 Å². The number of nitrogens with zero attached hydrogens (tertiary/aromatic N) is 1. The first-order valence-corrected chi connectivity index (χ1v) is 12.3. The molecule has 0 heterocycles. The molecule has 2 saturated carbocycles. The first-order chi connectivity index (χ1) is 13.6. The lowest BCUT2D eigenvalue weighted by Crippen LogP contribution is -2.25. The second-order valence-corrected chi connectivity index (χ2v) is 10.0. The first-order valence-electron chi connectivity index (χ1n) is 11.5. The molecule has 3 heteroatoms. The Morgan fingerprint density at radius 2 is 1.43 bits per heavy atom. The van der Waals surface area contributed by atoms with Gasteiger partial charge in [-0.1, -0.05) is 75.1 Å². The van der Waals surface area contributed by atoms with E-state index in [1.54, 1.807) is 0 Å². The fourth-order valence-electron chi connectivity index (χ4n) is 5.67. The fourth-order valence-corrected chi connectivity index (χ4v) is 6.26. The van der Waals surface area contributed by atoms with Crippen LogP contribution in [0.4, 0.5) is 0 Å². The molecule has 1 aromatic carbocycles. The Balaban J connectivity index is 1.44. The van der Waals surface area contributed by atoms with Crippen molar-refractivity contribution in [3.63, 3.8) is 0 Å². The summed E-state index contributed by atoms with van der Waals surface area (Å²) in [6.07, 6.45) is 18.1. The minimum absolute atomic E-state index is 0.409. The molecule has 0 amide bonds. The normalized spacial score (nSPS) is 28.1. The maximum Gasteiger partial charge on any atom is 0.102 e. The molecule has 0 bridgehead atoms. The predicted octanol–water partition coefficient (Wildman–Crippen LogP) is 8.92. The highest BCUT2D eigenvalue weighted by Gasteiger charge is 2.31. The first kappa shape index (κ1) is 22.0. The minimum Gasteiger partial charge on any atom is -0.192 e.